The van der Waals surface area contributed by atoms with E-state index in [-0.39, 0.29) is 0 Å². The fourth-order valence-corrected chi connectivity index (χ4v) is 2.75. The van der Waals surface area contributed by atoms with Crippen LogP contribution in [-0.4, -0.2) is 9.78 Å². The summed E-state index contributed by atoms with van der Waals surface area (Å²) in [7, 11) is 1.96. The molecule has 0 saturated heterocycles. The molecule has 1 aromatic heterocycles. The lowest BCUT2D eigenvalue weighted by molar-refractivity contribution is 0.455. The molecule has 1 heterocycles. The average molecular weight is 241 g/mol. The monoisotopic (exact) mass is 241 g/mol. The van der Waals surface area contributed by atoms with E-state index >= 15 is 0 Å². The summed E-state index contributed by atoms with van der Waals surface area (Å²) in [5.74, 6) is 0. The van der Waals surface area contributed by atoms with Gasteiger partial charge in [0.1, 0.15) is 0 Å². The van der Waals surface area contributed by atoms with Crippen LogP contribution in [-0.2, 0) is 20.0 Å². The molecule has 3 nitrogen and oxygen atoms in total. The van der Waals surface area contributed by atoms with Crippen molar-refractivity contribution >= 4 is 0 Å². The van der Waals surface area contributed by atoms with Crippen molar-refractivity contribution in [3.8, 4) is 0 Å². The van der Waals surface area contributed by atoms with Gasteiger partial charge in [0.05, 0.1) is 5.69 Å². The highest BCUT2D eigenvalue weighted by Gasteiger charge is 2.19. The second kappa shape index (κ2) is 4.94. The maximum atomic E-state index is 4.41. The van der Waals surface area contributed by atoms with Gasteiger partial charge in [0.15, 0.2) is 0 Å². The van der Waals surface area contributed by atoms with Crippen LogP contribution in [0, 0.1) is 0 Å². The summed E-state index contributed by atoms with van der Waals surface area (Å²) in [5.41, 5.74) is 4.09. The van der Waals surface area contributed by atoms with Crippen LogP contribution in [0.2, 0.25) is 0 Å². The van der Waals surface area contributed by atoms with Crippen molar-refractivity contribution in [1.29, 1.82) is 0 Å². The molecule has 1 atom stereocenters. The van der Waals surface area contributed by atoms with Gasteiger partial charge in [0.2, 0.25) is 0 Å². The van der Waals surface area contributed by atoms with Gasteiger partial charge in [-0.1, -0.05) is 24.3 Å². The Bertz CT molecular complexity index is 530. The first-order chi connectivity index (χ1) is 8.83. The molecule has 0 saturated carbocycles. The number of nitrogens with zero attached hydrogens (tertiary/aromatic N) is 2. The van der Waals surface area contributed by atoms with Crippen LogP contribution in [0.15, 0.2) is 36.5 Å². The maximum absolute atomic E-state index is 4.41. The van der Waals surface area contributed by atoms with Crippen molar-refractivity contribution in [2.45, 2.75) is 31.8 Å². The largest absolute Gasteiger partial charge is 0.304 e. The highest BCUT2D eigenvalue weighted by atomic mass is 15.3. The van der Waals surface area contributed by atoms with Gasteiger partial charge in [-0.05, 0) is 36.5 Å². The van der Waals surface area contributed by atoms with Gasteiger partial charge in [-0.25, -0.2) is 0 Å². The Balaban J connectivity index is 1.71. The van der Waals surface area contributed by atoms with Gasteiger partial charge in [-0.15, -0.1) is 0 Å². The van der Waals surface area contributed by atoms with Crippen LogP contribution in [0.4, 0.5) is 0 Å². The van der Waals surface area contributed by atoms with Crippen molar-refractivity contribution in [2.75, 3.05) is 0 Å². The number of benzene rings is 1. The summed E-state index contributed by atoms with van der Waals surface area (Å²) in [6.07, 6.45) is 5.71. The summed E-state index contributed by atoms with van der Waals surface area (Å²) < 4.78 is 1.85. The summed E-state index contributed by atoms with van der Waals surface area (Å²) in [4.78, 5) is 0. The quantitative estimate of drug-likeness (QED) is 0.895. The van der Waals surface area contributed by atoms with Crippen LogP contribution in [0.5, 0.6) is 0 Å². The fraction of sp³-hybridized carbons (Fsp3) is 0.400. The normalized spacial score (nSPS) is 18.6. The fourth-order valence-electron chi connectivity index (χ4n) is 2.75. The van der Waals surface area contributed by atoms with E-state index in [0.29, 0.717) is 6.04 Å². The predicted molar refractivity (Wildman–Crippen MR) is 72.2 cm³/mol. The van der Waals surface area contributed by atoms with Crippen LogP contribution >= 0.6 is 0 Å². The van der Waals surface area contributed by atoms with Crippen LogP contribution in [0.3, 0.4) is 0 Å². The number of aromatic nitrogens is 2. The summed E-state index contributed by atoms with van der Waals surface area (Å²) in [6, 6.07) is 11.3. The van der Waals surface area contributed by atoms with Gasteiger partial charge < -0.3 is 5.32 Å². The van der Waals surface area contributed by atoms with Crippen LogP contribution < -0.4 is 5.32 Å². The zero-order valence-corrected chi connectivity index (χ0v) is 10.8. The van der Waals surface area contributed by atoms with Crippen molar-refractivity contribution in [3.05, 3.63) is 53.3 Å². The first-order valence-corrected chi connectivity index (χ1v) is 6.62. The molecular formula is C15H19N3. The maximum Gasteiger partial charge on any atom is 0.0762 e. The topological polar surface area (TPSA) is 29.9 Å². The van der Waals surface area contributed by atoms with E-state index < -0.39 is 0 Å². The van der Waals surface area contributed by atoms with E-state index in [1.807, 2.05) is 17.9 Å². The van der Waals surface area contributed by atoms with Crippen LogP contribution in [0.25, 0.3) is 0 Å². The molecule has 1 aromatic carbocycles. The first kappa shape index (κ1) is 11.5. The first-order valence-electron chi connectivity index (χ1n) is 6.62. The minimum absolute atomic E-state index is 0.483. The molecule has 18 heavy (non-hydrogen) atoms. The van der Waals surface area contributed by atoms with Gasteiger partial charge in [0.25, 0.3) is 0 Å². The molecule has 0 amide bonds. The van der Waals surface area contributed by atoms with Gasteiger partial charge >= 0.3 is 0 Å². The molecule has 2 aromatic rings. The lowest BCUT2D eigenvalue weighted by Gasteiger charge is -2.26. The average Bonchev–Trinajstić information content (AvgIpc) is 2.82. The molecule has 0 spiro atoms. The van der Waals surface area contributed by atoms with E-state index in [4.69, 9.17) is 0 Å². The van der Waals surface area contributed by atoms with Crippen molar-refractivity contribution < 1.29 is 0 Å². The zero-order valence-electron chi connectivity index (χ0n) is 10.8. The van der Waals surface area contributed by atoms with E-state index in [1.165, 1.54) is 30.4 Å². The molecule has 94 valence electrons. The number of hydrogen-bond acceptors (Lipinski definition) is 2. The molecule has 3 heteroatoms. The molecule has 3 rings (SSSR count). The Labute approximate surface area is 108 Å². The van der Waals surface area contributed by atoms with Crippen molar-refractivity contribution in [3.63, 3.8) is 0 Å². The molecule has 1 unspecified atom stereocenters. The van der Waals surface area contributed by atoms with Gasteiger partial charge in [-0.2, -0.15) is 5.10 Å². The second-order valence-electron chi connectivity index (χ2n) is 5.01. The second-order valence-corrected chi connectivity index (χ2v) is 5.01. The van der Waals surface area contributed by atoms with E-state index in [1.54, 1.807) is 0 Å². The molecule has 0 aliphatic heterocycles. The summed E-state index contributed by atoms with van der Waals surface area (Å²) in [6.45, 7) is 0.847. The molecule has 1 aliphatic rings. The third-order valence-corrected chi connectivity index (χ3v) is 3.67. The lowest BCUT2D eigenvalue weighted by Crippen LogP contribution is -2.25. The third kappa shape index (κ3) is 2.31. The number of aryl methyl sites for hydroxylation is 2. The number of hydrogen-bond donors (Lipinski definition) is 1. The Morgan fingerprint density at radius 3 is 3.06 bits per heavy atom. The van der Waals surface area contributed by atoms with Gasteiger partial charge in [0, 0.05) is 25.8 Å². The Morgan fingerprint density at radius 1 is 1.33 bits per heavy atom. The molecule has 0 fully saturated rings. The predicted octanol–water partition coefficient (Wildman–Crippen LogP) is 2.59. The summed E-state index contributed by atoms with van der Waals surface area (Å²) >= 11 is 0. The minimum atomic E-state index is 0.483. The Hall–Kier alpha value is -1.61. The molecule has 1 N–H and O–H groups in total. The van der Waals surface area contributed by atoms with Crippen molar-refractivity contribution in [2.24, 2.45) is 7.05 Å². The third-order valence-electron chi connectivity index (χ3n) is 3.67. The Kier molecular flexibility index (Phi) is 3.15. The zero-order chi connectivity index (χ0) is 12.4. The summed E-state index contributed by atoms with van der Waals surface area (Å²) in [5, 5.41) is 8.04. The molecule has 1 aliphatic carbocycles. The SMILES string of the molecule is Cn1ccc(CNC2CCCc3ccccc32)n1. The Morgan fingerprint density at radius 2 is 2.22 bits per heavy atom. The number of fused-ring (bicyclic) bond motifs is 1. The lowest BCUT2D eigenvalue weighted by atomic mass is 9.88. The van der Waals surface area contributed by atoms with Gasteiger partial charge in [-0.3, -0.25) is 4.68 Å². The molecule has 0 bridgehead atoms. The standard InChI is InChI=1S/C15H19N3/c1-18-10-9-13(17-18)11-16-15-8-4-6-12-5-2-3-7-14(12)15/h2-3,5,7,9-10,15-16H,4,6,8,11H2,1H3. The number of rotatable bonds is 3. The van der Waals surface area contributed by atoms with Crippen molar-refractivity contribution in [1.82, 2.24) is 15.1 Å². The van der Waals surface area contributed by atoms with E-state index in [0.717, 1.165) is 12.2 Å². The highest BCUT2D eigenvalue weighted by Crippen LogP contribution is 2.29. The van der Waals surface area contributed by atoms with Crippen LogP contribution in [0.1, 0.15) is 35.7 Å². The molecule has 0 radical (unpaired) electrons. The smallest absolute Gasteiger partial charge is 0.0762 e. The number of nitrogens with one attached hydrogen (secondary N) is 1. The molecular weight excluding hydrogens is 222 g/mol. The highest BCUT2D eigenvalue weighted by molar-refractivity contribution is 5.32. The minimum Gasteiger partial charge on any atom is -0.304 e. The van der Waals surface area contributed by atoms with E-state index in [9.17, 15) is 0 Å². The van der Waals surface area contributed by atoms with E-state index in [2.05, 4.69) is 40.7 Å².